The number of fused-ring (bicyclic) bond motifs is 1. The third-order valence-electron chi connectivity index (χ3n) is 4.33. The van der Waals surface area contributed by atoms with Crippen molar-refractivity contribution in [2.75, 3.05) is 27.1 Å². The van der Waals surface area contributed by atoms with Crippen molar-refractivity contribution in [1.29, 1.82) is 5.26 Å². The van der Waals surface area contributed by atoms with Gasteiger partial charge in [-0.2, -0.15) is 5.26 Å². The Morgan fingerprint density at radius 1 is 1.04 bits per heavy atom. The van der Waals surface area contributed by atoms with Gasteiger partial charge in [-0.1, -0.05) is 0 Å². The fourth-order valence-electron chi connectivity index (χ4n) is 3.24. The van der Waals surface area contributed by atoms with Crippen LogP contribution in [-0.2, 0) is 12.8 Å². The Kier molecular flexibility index (Phi) is 4.17. The van der Waals surface area contributed by atoms with Gasteiger partial charge in [-0.05, 0) is 24.8 Å². The minimum absolute atomic E-state index is 0.244. The number of ether oxygens (including phenoxy) is 3. The molecule has 1 aliphatic rings. The second kappa shape index (κ2) is 6.28. The Balaban J connectivity index is 2.40. The molecular formula is C18H19N3O3. The first kappa shape index (κ1) is 15.9. The van der Waals surface area contributed by atoms with Gasteiger partial charge in [0.15, 0.2) is 0 Å². The quantitative estimate of drug-likeness (QED) is 0.929. The number of nitrogen functional groups attached to an aromatic ring is 1. The van der Waals surface area contributed by atoms with Crippen LogP contribution >= 0.6 is 0 Å². The lowest BCUT2D eigenvalue weighted by Gasteiger charge is -2.19. The average Bonchev–Trinajstić information content (AvgIpc) is 3.07. The highest BCUT2D eigenvalue weighted by Crippen LogP contribution is 2.47. The minimum atomic E-state index is 0.244. The van der Waals surface area contributed by atoms with E-state index in [9.17, 15) is 5.26 Å². The van der Waals surface area contributed by atoms with Crippen LogP contribution in [0.1, 0.15) is 23.2 Å². The topological polar surface area (TPSA) is 90.4 Å². The van der Waals surface area contributed by atoms with Gasteiger partial charge in [0.2, 0.25) is 0 Å². The largest absolute Gasteiger partial charge is 0.496 e. The van der Waals surface area contributed by atoms with Crippen LogP contribution in [0, 0.1) is 11.3 Å². The fraction of sp³-hybridized carbons (Fsp3) is 0.333. The molecule has 0 unspecified atom stereocenters. The number of aryl methyl sites for hydroxylation is 1. The van der Waals surface area contributed by atoms with Crippen molar-refractivity contribution >= 4 is 5.82 Å². The highest BCUT2D eigenvalue weighted by Gasteiger charge is 2.27. The zero-order valence-electron chi connectivity index (χ0n) is 14.0. The zero-order valence-corrected chi connectivity index (χ0v) is 14.0. The molecule has 0 amide bonds. The van der Waals surface area contributed by atoms with Gasteiger partial charge >= 0.3 is 0 Å². The van der Waals surface area contributed by atoms with Crippen LogP contribution in [0.3, 0.4) is 0 Å². The molecule has 0 bridgehead atoms. The number of anilines is 1. The third-order valence-corrected chi connectivity index (χ3v) is 4.33. The SMILES string of the molecule is COc1cc(OC)c(-c2c(C#N)c(N)nc3c2CCC3)c(OC)c1. The van der Waals surface area contributed by atoms with Crippen molar-refractivity contribution in [3.05, 3.63) is 29.0 Å². The van der Waals surface area contributed by atoms with Gasteiger partial charge in [0.25, 0.3) is 0 Å². The van der Waals surface area contributed by atoms with Crippen LogP contribution in [0.2, 0.25) is 0 Å². The van der Waals surface area contributed by atoms with Crippen molar-refractivity contribution < 1.29 is 14.2 Å². The Morgan fingerprint density at radius 2 is 1.71 bits per heavy atom. The van der Waals surface area contributed by atoms with Crippen LogP contribution in [0.15, 0.2) is 12.1 Å². The second-order valence-corrected chi connectivity index (χ2v) is 5.54. The van der Waals surface area contributed by atoms with Gasteiger partial charge in [0.05, 0.1) is 26.9 Å². The lowest BCUT2D eigenvalue weighted by atomic mass is 9.93. The first-order chi connectivity index (χ1) is 11.6. The summed E-state index contributed by atoms with van der Waals surface area (Å²) in [6.45, 7) is 0. The van der Waals surface area contributed by atoms with Gasteiger partial charge in [0.1, 0.15) is 34.7 Å². The maximum Gasteiger partial charge on any atom is 0.142 e. The molecule has 124 valence electrons. The Labute approximate surface area is 140 Å². The van der Waals surface area contributed by atoms with Crippen LogP contribution < -0.4 is 19.9 Å². The lowest BCUT2D eigenvalue weighted by molar-refractivity contribution is 0.377. The van der Waals surface area contributed by atoms with Crippen LogP contribution in [0.25, 0.3) is 11.1 Å². The molecule has 1 heterocycles. The monoisotopic (exact) mass is 325 g/mol. The summed E-state index contributed by atoms with van der Waals surface area (Å²) in [6, 6.07) is 5.74. The smallest absolute Gasteiger partial charge is 0.142 e. The van der Waals surface area contributed by atoms with Gasteiger partial charge in [-0.25, -0.2) is 4.98 Å². The highest BCUT2D eigenvalue weighted by molar-refractivity contribution is 5.87. The fourth-order valence-corrected chi connectivity index (χ4v) is 3.24. The second-order valence-electron chi connectivity index (χ2n) is 5.54. The number of benzene rings is 1. The summed E-state index contributed by atoms with van der Waals surface area (Å²) in [5.74, 6) is 2.00. The van der Waals surface area contributed by atoms with E-state index in [2.05, 4.69) is 11.1 Å². The van der Waals surface area contributed by atoms with E-state index in [0.29, 0.717) is 28.4 Å². The minimum Gasteiger partial charge on any atom is -0.496 e. The molecular weight excluding hydrogens is 306 g/mol. The number of nitriles is 1. The molecule has 0 saturated heterocycles. The van der Waals surface area contributed by atoms with E-state index in [1.165, 1.54) is 0 Å². The number of nitrogens with two attached hydrogens (primary N) is 1. The van der Waals surface area contributed by atoms with Crippen LogP contribution in [0.5, 0.6) is 17.2 Å². The van der Waals surface area contributed by atoms with Crippen molar-refractivity contribution in [3.8, 4) is 34.4 Å². The predicted octanol–water partition coefficient (Wildman–Crippen LogP) is 2.72. The number of aromatic nitrogens is 1. The first-order valence-electron chi connectivity index (χ1n) is 7.66. The third kappa shape index (κ3) is 2.38. The molecule has 3 rings (SSSR count). The first-order valence-corrected chi connectivity index (χ1v) is 7.66. The van der Waals surface area contributed by atoms with E-state index in [1.807, 2.05) is 0 Å². The molecule has 0 radical (unpaired) electrons. The Hall–Kier alpha value is -2.94. The van der Waals surface area contributed by atoms with Crippen molar-refractivity contribution in [2.45, 2.75) is 19.3 Å². The highest BCUT2D eigenvalue weighted by atomic mass is 16.5. The molecule has 1 aliphatic carbocycles. The zero-order chi connectivity index (χ0) is 17.3. The standard InChI is InChI=1S/C18H19N3O3/c1-22-10-7-14(23-2)17(15(8-10)24-3)16-11-5-4-6-13(11)21-18(20)12(16)9-19/h7-8H,4-6H2,1-3H3,(H2,20,21). The van der Waals surface area contributed by atoms with E-state index in [-0.39, 0.29) is 5.82 Å². The van der Waals surface area contributed by atoms with Gasteiger partial charge < -0.3 is 19.9 Å². The molecule has 0 fully saturated rings. The number of pyridine rings is 1. The van der Waals surface area contributed by atoms with Crippen molar-refractivity contribution in [3.63, 3.8) is 0 Å². The van der Waals surface area contributed by atoms with Crippen LogP contribution in [0.4, 0.5) is 5.82 Å². The van der Waals surface area contributed by atoms with Gasteiger partial charge in [0, 0.05) is 23.4 Å². The molecule has 1 aromatic carbocycles. The summed E-state index contributed by atoms with van der Waals surface area (Å²) in [5.41, 5.74) is 9.86. The predicted molar refractivity (Wildman–Crippen MR) is 90.5 cm³/mol. The van der Waals surface area contributed by atoms with Gasteiger partial charge in [-0.3, -0.25) is 0 Å². The Morgan fingerprint density at radius 3 is 2.25 bits per heavy atom. The van der Waals surface area contributed by atoms with Gasteiger partial charge in [-0.15, -0.1) is 0 Å². The molecule has 2 N–H and O–H groups in total. The molecule has 6 heteroatoms. The normalized spacial score (nSPS) is 12.4. The van der Waals surface area contributed by atoms with Crippen LogP contribution in [-0.4, -0.2) is 26.3 Å². The molecule has 1 aromatic heterocycles. The molecule has 24 heavy (non-hydrogen) atoms. The molecule has 0 spiro atoms. The van der Waals surface area contributed by atoms with E-state index in [0.717, 1.165) is 36.1 Å². The van der Waals surface area contributed by atoms with E-state index >= 15 is 0 Å². The number of nitrogens with zero attached hydrogens (tertiary/aromatic N) is 2. The van der Waals surface area contributed by atoms with E-state index < -0.39 is 0 Å². The summed E-state index contributed by atoms with van der Waals surface area (Å²) < 4.78 is 16.4. The number of rotatable bonds is 4. The van der Waals surface area contributed by atoms with E-state index in [4.69, 9.17) is 19.9 Å². The van der Waals surface area contributed by atoms with E-state index in [1.54, 1.807) is 33.5 Å². The summed E-state index contributed by atoms with van der Waals surface area (Å²) in [7, 11) is 4.74. The number of hydrogen-bond donors (Lipinski definition) is 1. The summed E-state index contributed by atoms with van der Waals surface area (Å²) in [6.07, 6.45) is 2.70. The maximum atomic E-state index is 9.64. The Bertz CT molecular complexity index is 815. The molecule has 6 nitrogen and oxygen atoms in total. The summed E-state index contributed by atoms with van der Waals surface area (Å²) in [5, 5.41) is 9.64. The summed E-state index contributed by atoms with van der Waals surface area (Å²) in [4.78, 5) is 4.40. The molecule has 0 atom stereocenters. The summed E-state index contributed by atoms with van der Waals surface area (Å²) >= 11 is 0. The molecule has 0 saturated carbocycles. The molecule has 2 aromatic rings. The number of methoxy groups -OCH3 is 3. The maximum absolute atomic E-state index is 9.64. The lowest BCUT2D eigenvalue weighted by Crippen LogP contribution is -2.05. The van der Waals surface area contributed by atoms with Crippen molar-refractivity contribution in [1.82, 2.24) is 4.98 Å². The van der Waals surface area contributed by atoms with Crippen molar-refractivity contribution in [2.24, 2.45) is 0 Å². The molecule has 0 aliphatic heterocycles. The number of hydrogen-bond acceptors (Lipinski definition) is 6. The average molecular weight is 325 g/mol.